The maximum atomic E-state index is 2.37. The number of benzene rings is 4. The lowest BCUT2D eigenvalue weighted by Gasteiger charge is -2.27. The van der Waals surface area contributed by atoms with Crippen LogP contribution in [-0.2, 0) is 0 Å². The van der Waals surface area contributed by atoms with Gasteiger partial charge in [0, 0.05) is 40.6 Å². The van der Waals surface area contributed by atoms with E-state index in [1.54, 1.807) is 0 Å². The van der Waals surface area contributed by atoms with Gasteiger partial charge >= 0.3 is 0 Å². The van der Waals surface area contributed by atoms with Gasteiger partial charge in [0.2, 0.25) is 0 Å². The predicted molar refractivity (Wildman–Crippen MR) is 170 cm³/mol. The highest BCUT2D eigenvalue weighted by Crippen LogP contribution is 2.35. The van der Waals surface area contributed by atoms with Crippen molar-refractivity contribution in [3.05, 3.63) is 155 Å². The van der Waals surface area contributed by atoms with Crippen molar-refractivity contribution in [1.29, 1.82) is 0 Å². The number of rotatable bonds is 6. The van der Waals surface area contributed by atoms with Gasteiger partial charge in [0.05, 0.1) is 0 Å². The zero-order valence-electron chi connectivity index (χ0n) is 24.1. The minimum Gasteiger partial charge on any atom is -0.314 e. The van der Waals surface area contributed by atoms with Crippen LogP contribution in [-0.4, -0.2) is 0 Å². The number of allylic oxidation sites excluding steroid dienone is 4. The second-order valence-corrected chi connectivity index (χ2v) is 9.87. The summed E-state index contributed by atoms with van der Waals surface area (Å²) in [7, 11) is 0. The Hall–Kier alpha value is -4.30. The van der Waals surface area contributed by atoms with Gasteiger partial charge in [-0.25, -0.2) is 0 Å². The molecule has 0 aliphatic heterocycles. The van der Waals surface area contributed by atoms with Crippen LogP contribution in [0.4, 0.5) is 22.7 Å². The van der Waals surface area contributed by atoms with E-state index in [0.717, 1.165) is 23.5 Å². The molecule has 0 atom stereocenters. The Kier molecular flexibility index (Phi) is 9.22. The van der Waals surface area contributed by atoms with Crippen LogP contribution in [0, 0.1) is 27.7 Å². The van der Waals surface area contributed by atoms with E-state index in [-0.39, 0.29) is 0 Å². The Morgan fingerprint density at radius 2 is 0.769 bits per heavy atom. The molecular formula is C37H40N2. The summed E-state index contributed by atoms with van der Waals surface area (Å²) in [5, 5.41) is 0. The molecule has 0 bridgehead atoms. The van der Waals surface area contributed by atoms with Crippen molar-refractivity contribution in [2.24, 2.45) is 0 Å². The van der Waals surface area contributed by atoms with Gasteiger partial charge in [0.15, 0.2) is 0 Å². The highest BCUT2D eigenvalue weighted by atomic mass is 15.2. The Balaban J connectivity index is 0.00000172. The van der Waals surface area contributed by atoms with Crippen LogP contribution >= 0.6 is 0 Å². The SMILES string of the molecule is CC.Cc1ccc(N(C2=CC=C(N(c3ccc(C)cc3)c3ccc(C)cc3)CC=C2)c2ccc(C)cc2)cc1. The van der Waals surface area contributed by atoms with Gasteiger partial charge in [-0.1, -0.05) is 90.7 Å². The van der Waals surface area contributed by atoms with Crippen molar-refractivity contribution in [3.63, 3.8) is 0 Å². The summed E-state index contributed by atoms with van der Waals surface area (Å²) in [5.74, 6) is 0. The van der Waals surface area contributed by atoms with E-state index in [2.05, 4.69) is 159 Å². The summed E-state index contributed by atoms with van der Waals surface area (Å²) in [6, 6.07) is 35.1. The lowest BCUT2D eigenvalue weighted by atomic mass is 10.1. The molecule has 0 spiro atoms. The molecule has 1 aliphatic carbocycles. The first-order chi connectivity index (χ1) is 19.0. The van der Waals surface area contributed by atoms with Crippen molar-refractivity contribution < 1.29 is 0 Å². The predicted octanol–water partition coefficient (Wildman–Crippen LogP) is 10.7. The van der Waals surface area contributed by atoms with E-state index in [9.17, 15) is 0 Å². The van der Waals surface area contributed by atoms with Gasteiger partial charge < -0.3 is 9.80 Å². The van der Waals surface area contributed by atoms with Crippen molar-refractivity contribution in [2.45, 2.75) is 48.0 Å². The maximum absolute atomic E-state index is 2.37. The summed E-state index contributed by atoms with van der Waals surface area (Å²) in [6.07, 6.45) is 9.86. The molecule has 5 rings (SSSR count). The van der Waals surface area contributed by atoms with Crippen molar-refractivity contribution in [2.75, 3.05) is 9.80 Å². The molecule has 0 saturated heterocycles. The standard InChI is InChI=1S/C35H34N2.C2H6/c1-26-8-16-32(17-9-26)36(33-18-10-27(2)11-19-33)30-6-5-7-31(25-24-30)37(34-20-12-28(3)13-21-34)35-22-14-29(4)15-23-35;1-2/h5-6,8-25H,7H2,1-4H3;1-2H3. The van der Waals surface area contributed by atoms with Crippen LogP contribution in [0.1, 0.15) is 42.5 Å². The first kappa shape index (κ1) is 27.7. The summed E-state index contributed by atoms with van der Waals surface area (Å²) >= 11 is 0. The molecule has 0 saturated carbocycles. The molecule has 2 heteroatoms. The molecular weight excluding hydrogens is 472 g/mol. The van der Waals surface area contributed by atoms with Crippen molar-refractivity contribution in [1.82, 2.24) is 0 Å². The Bertz CT molecular complexity index is 1350. The monoisotopic (exact) mass is 512 g/mol. The highest BCUT2D eigenvalue weighted by molar-refractivity contribution is 5.73. The molecule has 0 N–H and O–H groups in total. The van der Waals surface area contributed by atoms with Crippen LogP contribution in [0.3, 0.4) is 0 Å². The van der Waals surface area contributed by atoms with Crippen LogP contribution < -0.4 is 9.80 Å². The third kappa shape index (κ3) is 6.78. The topological polar surface area (TPSA) is 6.48 Å². The average Bonchev–Trinajstić information content (AvgIpc) is 3.20. The Morgan fingerprint density at radius 1 is 0.436 bits per heavy atom. The summed E-state index contributed by atoms with van der Waals surface area (Å²) in [6.45, 7) is 12.5. The second kappa shape index (κ2) is 13.0. The van der Waals surface area contributed by atoms with Gasteiger partial charge in [-0.15, -0.1) is 0 Å². The molecule has 4 aromatic carbocycles. The second-order valence-electron chi connectivity index (χ2n) is 9.87. The first-order valence-electron chi connectivity index (χ1n) is 13.9. The number of aryl methyl sites for hydroxylation is 4. The fourth-order valence-corrected chi connectivity index (χ4v) is 4.62. The van der Waals surface area contributed by atoms with E-state index >= 15 is 0 Å². The average molecular weight is 513 g/mol. The van der Waals surface area contributed by atoms with Gasteiger partial charge in [-0.05, 0) is 94.5 Å². The zero-order valence-corrected chi connectivity index (χ0v) is 24.1. The lowest BCUT2D eigenvalue weighted by molar-refractivity contribution is 1.08. The molecule has 198 valence electrons. The number of nitrogens with zero attached hydrogens (tertiary/aromatic N) is 2. The quantitative estimate of drug-likeness (QED) is 0.253. The van der Waals surface area contributed by atoms with Gasteiger partial charge in [0.1, 0.15) is 0 Å². The van der Waals surface area contributed by atoms with E-state index in [1.807, 2.05) is 13.8 Å². The lowest BCUT2D eigenvalue weighted by Crippen LogP contribution is -2.16. The summed E-state index contributed by atoms with van der Waals surface area (Å²) in [4.78, 5) is 4.70. The molecule has 2 nitrogen and oxygen atoms in total. The minimum absolute atomic E-state index is 0.831. The fourth-order valence-electron chi connectivity index (χ4n) is 4.62. The molecule has 1 aliphatic rings. The molecule has 0 fully saturated rings. The van der Waals surface area contributed by atoms with Crippen molar-refractivity contribution in [3.8, 4) is 0 Å². The van der Waals surface area contributed by atoms with Crippen LogP contribution in [0.25, 0.3) is 0 Å². The fraction of sp³-hybridized carbons (Fsp3) is 0.189. The molecule has 39 heavy (non-hydrogen) atoms. The van der Waals surface area contributed by atoms with E-state index in [4.69, 9.17) is 0 Å². The molecule has 0 aromatic heterocycles. The van der Waals surface area contributed by atoms with Crippen LogP contribution in [0.5, 0.6) is 0 Å². The summed E-state index contributed by atoms with van der Waals surface area (Å²) in [5.41, 5.74) is 12.0. The van der Waals surface area contributed by atoms with Gasteiger partial charge in [0.25, 0.3) is 0 Å². The van der Waals surface area contributed by atoms with Gasteiger partial charge in [-0.2, -0.15) is 0 Å². The van der Waals surface area contributed by atoms with E-state index in [0.29, 0.717) is 0 Å². The number of anilines is 4. The van der Waals surface area contributed by atoms with Crippen molar-refractivity contribution >= 4 is 22.7 Å². The normalized spacial score (nSPS) is 12.5. The molecule has 0 amide bonds. The summed E-state index contributed by atoms with van der Waals surface area (Å²) < 4.78 is 0. The number of hydrogen-bond donors (Lipinski definition) is 0. The molecule has 4 aromatic rings. The van der Waals surface area contributed by atoms with Crippen LogP contribution in [0.15, 0.2) is 133 Å². The van der Waals surface area contributed by atoms with E-state index < -0.39 is 0 Å². The third-order valence-corrected chi connectivity index (χ3v) is 6.78. The van der Waals surface area contributed by atoms with Gasteiger partial charge in [-0.3, -0.25) is 0 Å². The highest BCUT2D eigenvalue weighted by Gasteiger charge is 2.18. The largest absolute Gasteiger partial charge is 0.314 e. The Morgan fingerprint density at radius 3 is 1.13 bits per heavy atom. The Labute approximate surface area is 235 Å². The molecule has 0 heterocycles. The van der Waals surface area contributed by atoms with E-state index in [1.165, 1.54) is 39.3 Å². The minimum atomic E-state index is 0.831. The molecule has 0 unspecified atom stereocenters. The molecule has 0 radical (unpaired) electrons. The smallest absolute Gasteiger partial charge is 0.0461 e. The number of hydrogen-bond acceptors (Lipinski definition) is 2. The zero-order chi connectivity index (χ0) is 27.8. The van der Waals surface area contributed by atoms with Crippen LogP contribution in [0.2, 0.25) is 0 Å². The third-order valence-electron chi connectivity index (χ3n) is 6.78. The first-order valence-corrected chi connectivity index (χ1v) is 13.9. The maximum Gasteiger partial charge on any atom is 0.0461 e.